The van der Waals surface area contributed by atoms with Gasteiger partial charge in [0.2, 0.25) is 0 Å². The van der Waals surface area contributed by atoms with Gasteiger partial charge in [-0.2, -0.15) is 0 Å². The number of hydrogen-bond donors (Lipinski definition) is 4. The van der Waals surface area contributed by atoms with Crippen LogP contribution in [0.2, 0.25) is 0 Å². The van der Waals surface area contributed by atoms with E-state index in [1.165, 1.54) is 0 Å². The van der Waals surface area contributed by atoms with Crippen LogP contribution in [-0.2, 0) is 9.59 Å². The molecule has 0 radical (unpaired) electrons. The third kappa shape index (κ3) is 29.2. The van der Waals surface area contributed by atoms with Crippen molar-refractivity contribution in [3.05, 3.63) is 0 Å². The molecular formula is C8H16Br2O6. The number of carbonyl (C=O) groups is 2. The summed E-state index contributed by atoms with van der Waals surface area (Å²) in [5.74, 6) is -1.65. The molecule has 4 N–H and O–H groups in total. The highest BCUT2D eigenvalue weighted by molar-refractivity contribution is 9.10. The number of rotatable bonds is 3. The van der Waals surface area contributed by atoms with Crippen LogP contribution in [-0.4, -0.2) is 55.2 Å². The molecule has 0 aromatic rings. The van der Waals surface area contributed by atoms with Crippen LogP contribution in [0.4, 0.5) is 0 Å². The second kappa shape index (κ2) is 14.8. The number of aliphatic hydroxyl groups excluding tert-OH is 2. The van der Waals surface area contributed by atoms with E-state index < -0.39 is 21.6 Å². The van der Waals surface area contributed by atoms with Crippen LogP contribution in [0.5, 0.6) is 0 Å². The highest BCUT2D eigenvalue weighted by atomic mass is 79.9. The molecule has 0 aliphatic heterocycles. The van der Waals surface area contributed by atoms with Gasteiger partial charge in [-0.25, -0.2) is 0 Å². The van der Waals surface area contributed by atoms with Crippen LogP contribution >= 0.6 is 31.9 Å². The molecule has 0 aliphatic carbocycles. The highest BCUT2D eigenvalue weighted by Gasteiger charge is 2.02. The second-order valence-corrected chi connectivity index (χ2v) is 5.10. The van der Waals surface area contributed by atoms with Crippen LogP contribution in [0.3, 0.4) is 0 Å². The van der Waals surface area contributed by atoms with Gasteiger partial charge in [-0.05, 0) is 13.8 Å². The minimum atomic E-state index is -0.824. The number of halogens is 2. The minimum absolute atomic E-state index is 0.125. The summed E-state index contributed by atoms with van der Waals surface area (Å²) < 4.78 is 0. The van der Waals surface area contributed by atoms with Crippen molar-refractivity contribution in [3.63, 3.8) is 0 Å². The van der Waals surface area contributed by atoms with Crippen LogP contribution < -0.4 is 0 Å². The van der Waals surface area contributed by atoms with E-state index in [-0.39, 0.29) is 13.2 Å². The molecule has 2 atom stereocenters. The average molecular weight is 368 g/mol. The second-order valence-electron chi connectivity index (χ2n) is 2.36. The van der Waals surface area contributed by atoms with E-state index in [9.17, 15) is 9.59 Å². The Balaban J connectivity index is -0.000000162. The van der Waals surface area contributed by atoms with Gasteiger partial charge in [0.05, 0.1) is 13.2 Å². The summed E-state index contributed by atoms with van der Waals surface area (Å²) >= 11 is 5.68. The molecule has 8 heteroatoms. The molecule has 0 saturated carbocycles. The molecule has 0 saturated heterocycles. The summed E-state index contributed by atoms with van der Waals surface area (Å²) in [6.45, 7) is 2.87. The standard InChI is InChI=1S/2C3H5BrO2.C2H6O2/c2*1-2(4)3(5)6;3-1-2-4/h2*2H,1H3,(H,5,6);3-4H,1-2H2. The van der Waals surface area contributed by atoms with Crippen molar-refractivity contribution in [2.24, 2.45) is 0 Å². The zero-order chi connectivity index (χ0) is 13.7. The van der Waals surface area contributed by atoms with Crippen molar-refractivity contribution in [2.45, 2.75) is 23.5 Å². The van der Waals surface area contributed by atoms with E-state index in [0.29, 0.717) is 0 Å². The first-order valence-corrected chi connectivity index (χ1v) is 5.99. The number of carboxylic acids is 2. The van der Waals surface area contributed by atoms with Gasteiger partial charge in [0, 0.05) is 0 Å². The first-order valence-electron chi connectivity index (χ1n) is 4.16. The molecular weight excluding hydrogens is 352 g/mol. The van der Waals surface area contributed by atoms with Gasteiger partial charge in [-0.3, -0.25) is 9.59 Å². The Kier molecular flexibility index (Phi) is 19.6. The summed E-state index contributed by atoms with van der Waals surface area (Å²) in [7, 11) is 0. The Morgan fingerprint density at radius 3 is 1.06 bits per heavy atom. The van der Waals surface area contributed by atoms with Gasteiger partial charge < -0.3 is 20.4 Å². The lowest BCUT2D eigenvalue weighted by Gasteiger charge is -1.87. The molecule has 0 bridgehead atoms. The van der Waals surface area contributed by atoms with E-state index in [0.717, 1.165) is 0 Å². The fourth-order valence-corrected chi connectivity index (χ4v) is 0. The van der Waals surface area contributed by atoms with Crippen LogP contribution in [0.1, 0.15) is 13.8 Å². The number of carboxylic acid groups (broad SMARTS) is 2. The highest BCUT2D eigenvalue weighted by Crippen LogP contribution is 1.94. The number of alkyl halides is 2. The maximum absolute atomic E-state index is 9.65. The molecule has 0 rings (SSSR count). The first-order chi connectivity index (χ1) is 7.20. The molecule has 2 unspecified atom stereocenters. The fraction of sp³-hybridized carbons (Fsp3) is 0.750. The maximum Gasteiger partial charge on any atom is 0.316 e. The van der Waals surface area contributed by atoms with E-state index in [1.54, 1.807) is 13.8 Å². The third-order valence-electron chi connectivity index (χ3n) is 0.781. The normalized spacial score (nSPS) is 12.1. The molecule has 6 nitrogen and oxygen atoms in total. The zero-order valence-corrected chi connectivity index (χ0v) is 12.1. The van der Waals surface area contributed by atoms with Crippen molar-refractivity contribution in [3.8, 4) is 0 Å². The van der Waals surface area contributed by atoms with Crippen molar-refractivity contribution < 1.29 is 30.0 Å². The van der Waals surface area contributed by atoms with E-state index in [4.69, 9.17) is 20.4 Å². The Morgan fingerprint density at radius 2 is 1.06 bits per heavy atom. The van der Waals surface area contributed by atoms with Gasteiger partial charge in [-0.1, -0.05) is 31.9 Å². The van der Waals surface area contributed by atoms with Crippen molar-refractivity contribution >= 4 is 43.8 Å². The molecule has 0 aromatic heterocycles. The molecule has 0 aromatic carbocycles. The zero-order valence-electron chi connectivity index (χ0n) is 8.93. The Bertz CT molecular complexity index is 163. The molecule has 0 heterocycles. The Hall–Kier alpha value is -0.180. The molecule has 16 heavy (non-hydrogen) atoms. The summed E-state index contributed by atoms with van der Waals surface area (Å²) in [4.78, 5) is 18.5. The van der Waals surface area contributed by atoms with Crippen molar-refractivity contribution in [2.75, 3.05) is 13.2 Å². The number of aliphatic hydroxyl groups is 2. The summed E-state index contributed by atoms with van der Waals surface area (Å²) in [5.41, 5.74) is 0. The molecule has 0 fully saturated rings. The quantitative estimate of drug-likeness (QED) is 0.545. The predicted octanol–water partition coefficient (Wildman–Crippen LogP) is 0.680. The molecule has 98 valence electrons. The first kappa shape index (κ1) is 21.1. The SMILES string of the molecule is CC(Br)C(=O)O.CC(Br)C(=O)O.OCCO. The fourth-order valence-electron chi connectivity index (χ4n) is 0. The van der Waals surface area contributed by atoms with Crippen LogP contribution in [0.15, 0.2) is 0 Å². The average Bonchev–Trinajstić information content (AvgIpc) is 2.18. The molecule has 0 amide bonds. The lowest BCUT2D eigenvalue weighted by molar-refractivity contribution is -0.136. The van der Waals surface area contributed by atoms with Gasteiger partial charge in [0.15, 0.2) is 0 Å². The van der Waals surface area contributed by atoms with E-state index in [2.05, 4.69) is 31.9 Å². The predicted molar refractivity (Wildman–Crippen MR) is 66.2 cm³/mol. The lowest BCUT2D eigenvalue weighted by atomic mass is 10.5. The van der Waals surface area contributed by atoms with Gasteiger partial charge in [-0.15, -0.1) is 0 Å². The summed E-state index contributed by atoms with van der Waals surface area (Å²) in [6.07, 6.45) is 0. The summed E-state index contributed by atoms with van der Waals surface area (Å²) in [6, 6.07) is 0. The largest absolute Gasteiger partial charge is 0.480 e. The van der Waals surface area contributed by atoms with Crippen LogP contribution in [0, 0.1) is 0 Å². The minimum Gasteiger partial charge on any atom is -0.480 e. The van der Waals surface area contributed by atoms with E-state index in [1.807, 2.05) is 0 Å². The number of hydrogen-bond acceptors (Lipinski definition) is 4. The van der Waals surface area contributed by atoms with Crippen molar-refractivity contribution in [1.82, 2.24) is 0 Å². The monoisotopic (exact) mass is 366 g/mol. The third-order valence-corrected chi connectivity index (χ3v) is 1.56. The lowest BCUT2D eigenvalue weighted by Crippen LogP contribution is -2.06. The Morgan fingerprint density at radius 1 is 0.938 bits per heavy atom. The van der Waals surface area contributed by atoms with Gasteiger partial charge in [0.1, 0.15) is 9.65 Å². The summed E-state index contributed by atoms with van der Waals surface area (Å²) in [5, 5.41) is 31.1. The molecule has 0 spiro atoms. The van der Waals surface area contributed by atoms with Gasteiger partial charge in [0.25, 0.3) is 0 Å². The Labute approximate surface area is 111 Å². The van der Waals surface area contributed by atoms with E-state index >= 15 is 0 Å². The topological polar surface area (TPSA) is 115 Å². The van der Waals surface area contributed by atoms with Gasteiger partial charge >= 0.3 is 11.9 Å². The maximum atomic E-state index is 9.65. The van der Waals surface area contributed by atoms with Crippen LogP contribution in [0.25, 0.3) is 0 Å². The van der Waals surface area contributed by atoms with Crippen molar-refractivity contribution in [1.29, 1.82) is 0 Å². The number of aliphatic carboxylic acids is 2. The molecule has 0 aliphatic rings. The smallest absolute Gasteiger partial charge is 0.316 e.